The second kappa shape index (κ2) is 3.48. The monoisotopic (exact) mass is 256 g/mol. The van der Waals surface area contributed by atoms with E-state index in [0.29, 0.717) is 0 Å². The molecule has 0 nitrogen and oxygen atoms in total. The van der Waals surface area contributed by atoms with Crippen LogP contribution in [0.15, 0.2) is 0 Å². The average Bonchev–Trinajstić information content (AvgIpc) is 0.722. The van der Waals surface area contributed by atoms with Crippen molar-refractivity contribution in [2.24, 2.45) is 0 Å². The van der Waals surface area contributed by atoms with E-state index >= 15 is 0 Å². The SMILES string of the molecule is [F][Zr]([F])([F])[F].[Zr]. The van der Waals surface area contributed by atoms with E-state index in [1.165, 1.54) is 0 Å². The Balaban J connectivity index is 0. The number of rotatable bonds is 0. The van der Waals surface area contributed by atoms with Gasteiger partial charge in [0, 0.05) is 26.2 Å². The summed E-state index contributed by atoms with van der Waals surface area (Å²) in [4.78, 5) is 0. The molecule has 6 heavy (non-hydrogen) atoms. The van der Waals surface area contributed by atoms with Gasteiger partial charge < -0.3 is 0 Å². The quantitative estimate of drug-likeness (QED) is 0.580. The number of hydrogen-bond donors (Lipinski definition) is 0. The third-order valence-electron chi connectivity index (χ3n) is 0. The molecule has 36 valence electrons. The fourth-order valence-electron chi connectivity index (χ4n) is 0. The van der Waals surface area contributed by atoms with Crippen molar-refractivity contribution in [3.63, 3.8) is 0 Å². The molecule has 0 atom stereocenters. The molecule has 0 aliphatic rings. The molecule has 0 fully saturated rings. The summed E-state index contributed by atoms with van der Waals surface area (Å²) in [6.45, 7) is 0. The van der Waals surface area contributed by atoms with Crippen molar-refractivity contribution in [1.29, 1.82) is 0 Å². The Morgan fingerprint density at radius 3 is 0.833 bits per heavy atom. The van der Waals surface area contributed by atoms with Crippen molar-refractivity contribution < 1.29 is 59.4 Å². The molecule has 0 aliphatic carbocycles. The van der Waals surface area contributed by atoms with Crippen LogP contribution < -0.4 is 0 Å². The Labute approximate surface area is 59.0 Å². The van der Waals surface area contributed by atoms with Crippen molar-refractivity contribution in [2.75, 3.05) is 0 Å². The summed E-state index contributed by atoms with van der Waals surface area (Å²) in [6, 6.07) is 0. The third-order valence-corrected chi connectivity index (χ3v) is 0. The summed E-state index contributed by atoms with van der Waals surface area (Å²) in [5.41, 5.74) is 0. The van der Waals surface area contributed by atoms with Crippen LogP contribution in [0.1, 0.15) is 0 Å². The zero-order valence-corrected chi connectivity index (χ0v) is 7.43. The maximum Gasteiger partial charge on any atom is 0 e. The summed E-state index contributed by atoms with van der Waals surface area (Å²) in [6.07, 6.45) is 0. The van der Waals surface area contributed by atoms with E-state index < -0.39 is 22.7 Å². The Hall–Kier alpha value is 1.49. The Bertz CT molecular complexity index is 21.0. The molecule has 0 saturated heterocycles. The molecule has 6 heteroatoms. The first-order valence-corrected chi connectivity index (χ1v) is 4.47. The average molecular weight is 258 g/mol. The molecule has 0 aromatic carbocycles. The van der Waals surface area contributed by atoms with E-state index in [4.69, 9.17) is 0 Å². The first-order valence-electron chi connectivity index (χ1n) is 0.756. The van der Waals surface area contributed by atoms with Crippen LogP contribution in [-0.4, -0.2) is 0 Å². The summed E-state index contributed by atoms with van der Waals surface area (Å²) in [7, 11) is 0. The van der Waals surface area contributed by atoms with Crippen molar-refractivity contribution in [1.82, 2.24) is 0 Å². The zero-order valence-electron chi connectivity index (χ0n) is 2.51. The zero-order chi connectivity index (χ0) is 4.50. The van der Waals surface area contributed by atoms with E-state index in [1.807, 2.05) is 0 Å². The van der Waals surface area contributed by atoms with Crippen LogP contribution in [0.2, 0.25) is 0 Å². The van der Waals surface area contributed by atoms with Gasteiger partial charge in [-0.15, -0.1) is 0 Å². The molecule has 0 rings (SSSR count). The van der Waals surface area contributed by atoms with Gasteiger partial charge in [0.1, 0.15) is 0 Å². The van der Waals surface area contributed by atoms with Gasteiger partial charge in [0.15, 0.2) is 0 Å². The molecule has 0 spiro atoms. The molecular formula is F4Zr2. The molecule has 0 saturated carbocycles. The Morgan fingerprint density at radius 2 is 0.833 bits per heavy atom. The maximum atomic E-state index is 9.90. The van der Waals surface area contributed by atoms with E-state index in [1.54, 1.807) is 0 Å². The normalized spacial score (nSPS) is 10.0. The molecular weight excluding hydrogens is 258 g/mol. The van der Waals surface area contributed by atoms with Gasteiger partial charge in [-0.3, -0.25) is 0 Å². The first-order chi connectivity index (χ1) is 2.00. The number of hydrogen-bond acceptors (Lipinski definition) is 0. The summed E-state index contributed by atoms with van der Waals surface area (Å²) in [5, 5.41) is 0. The van der Waals surface area contributed by atoms with Gasteiger partial charge in [0.05, 0.1) is 0 Å². The standard InChI is InChI=1S/4FH.2Zr/h4*1H;;/q;;;;;+4/p-4. The van der Waals surface area contributed by atoms with Gasteiger partial charge in [0.25, 0.3) is 0 Å². The van der Waals surface area contributed by atoms with Crippen molar-refractivity contribution >= 4 is 0 Å². The van der Waals surface area contributed by atoms with Gasteiger partial charge in [-0.2, -0.15) is 0 Å². The molecule has 0 aromatic rings. The van der Waals surface area contributed by atoms with Gasteiger partial charge >= 0.3 is 33.2 Å². The molecule has 0 aromatic heterocycles. The minimum Gasteiger partial charge on any atom is 0 e. The van der Waals surface area contributed by atoms with Gasteiger partial charge in [-0.05, 0) is 0 Å². The van der Waals surface area contributed by atoms with Gasteiger partial charge in [0.2, 0.25) is 0 Å². The largest absolute Gasteiger partial charge is 0 e. The molecule has 0 amide bonds. The maximum absolute atomic E-state index is 9.90. The van der Waals surface area contributed by atoms with E-state index in [-0.39, 0.29) is 26.2 Å². The van der Waals surface area contributed by atoms with Crippen LogP contribution >= 0.6 is 0 Å². The van der Waals surface area contributed by atoms with Gasteiger partial charge in [-0.1, -0.05) is 0 Å². The van der Waals surface area contributed by atoms with Crippen molar-refractivity contribution in [3.05, 3.63) is 0 Å². The van der Waals surface area contributed by atoms with Crippen LogP contribution in [-0.2, 0) is 48.9 Å². The van der Waals surface area contributed by atoms with Gasteiger partial charge in [-0.25, -0.2) is 0 Å². The molecule has 0 bridgehead atoms. The fourth-order valence-corrected chi connectivity index (χ4v) is 0. The van der Waals surface area contributed by atoms with E-state index in [9.17, 15) is 10.5 Å². The Morgan fingerprint density at radius 1 is 0.833 bits per heavy atom. The summed E-state index contributed by atoms with van der Waals surface area (Å²) >= 11 is -7.18. The minimum atomic E-state index is -7.18. The smallest absolute Gasteiger partial charge is 0 e. The summed E-state index contributed by atoms with van der Waals surface area (Å²) < 4.78 is 39.6. The van der Waals surface area contributed by atoms with E-state index in [0.717, 1.165) is 0 Å². The summed E-state index contributed by atoms with van der Waals surface area (Å²) in [5.74, 6) is 0. The predicted octanol–water partition coefficient (Wildman–Crippen LogP) is 1.68. The second-order valence-electron chi connectivity index (χ2n) is 0.429. The second-order valence-corrected chi connectivity index (χ2v) is 2.54. The fraction of sp³-hybridized carbons (Fsp3) is 0. The first kappa shape index (κ1) is 10.5. The predicted molar refractivity (Wildman–Crippen MR) is 4.43 cm³/mol. The van der Waals surface area contributed by atoms with Crippen molar-refractivity contribution in [3.8, 4) is 0 Å². The minimum absolute atomic E-state index is 0. The van der Waals surface area contributed by atoms with Crippen LogP contribution in [0.25, 0.3) is 0 Å². The van der Waals surface area contributed by atoms with Crippen LogP contribution in [0.4, 0.5) is 10.5 Å². The molecule has 0 radical (unpaired) electrons. The third kappa shape index (κ3) is 50.0. The topological polar surface area (TPSA) is 0 Å². The van der Waals surface area contributed by atoms with Crippen LogP contribution in [0.5, 0.6) is 0 Å². The number of halogens is 4. The van der Waals surface area contributed by atoms with Crippen molar-refractivity contribution in [2.45, 2.75) is 0 Å². The molecule has 0 unspecified atom stereocenters. The Kier molecular flexibility index (Phi) is 6.08. The molecule has 0 heterocycles. The van der Waals surface area contributed by atoms with Crippen LogP contribution in [0.3, 0.4) is 0 Å². The van der Waals surface area contributed by atoms with E-state index in [2.05, 4.69) is 0 Å². The molecule has 0 aliphatic heterocycles. The molecule has 0 N–H and O–H groups in total. The van der Waals surface area contributed by atoms with Crippen LogP contribution in [0, 0.1) is 0 Å².